The topological polar surface area (TPSA) is 0 Å². The van der Waals surface area contributed by atoms with E-state index in [9.17, 15) is 0 Å². The Morgan fingerprint density at radius 1 is 1.00 bits per heavy atom. The highest BCUT2D eigenvalue weighted by Gasteiger charge is 2.08. The maximum atomic E-state index is 5.83. The first-order chi connectivity index (χ1) is 5.16. The van der Waals surface area contributed by atoms with Crippen molar-refractivity contribution in [2.75, 3.05) is 0 Å². The van der Waals surface area contributed by atoms with E-state index in [4.69, 9.17) is 43.9 Å². The molecule has 11 heavy (non-hydrogen) atoms. The molecular formula is C6H2Cl4Mg. The van der Waals surface area contributed by atoms with Crippen LogP contribution in [0.4, 0.5) is 0 Å². The van der Waals surface area contributed by atoms with Crippen LogP contribution in [0.3, 0.4) is 0 Å². The Hall–Kier alpha value is 1.15. The van der Waals surface area contributed by atoms with Crippen LogP contribution in [0, 0.1) is 0 Å². The summed E-state index contributed by atoms with van der Waals surface area (Å²) in [4.78, 5) is 0. The predicted molar refractivity (Wildman–Crippen MR) is 52.7 cm³/mol. The van der Waals surface area contributed by atoms with Crippen molar-refractivity contribution in [1.82, 2.24) is 0 Å². The Labute approximate surface area is 93.3 Å². The van der Waals surface area contributed by atoms with Crippen molar-refractivity contribution >= 4 is 66.8 Å². The van der Waals surface area contributed by atoms with Crippen molar-refractivity contribution in [2.24, 2.45) is 0 Å². The molecule has 0 fully saturated rings. The first kappa shape index (κ1) is 10.2. The van der Waals surface area contributed by atoms with Gasteiger partial charge in [-0.1, -0.05) is 40.9 Å². The van der Waals surface area contributed by atoms with E-state index in [2.05, 4.69) is 0 Å². The van der Waals surface area contributed by atoms with Crippen molar-refractivity contribution < 1.29 is 0 Å². The lowest BCUT2D eigenvalue weighted by Gasteiger charge is -2.02. The molecule has 0 atom stereocenters. The summed E-state index contributed by atoms with van der Waals surface area (Å²) < 4.78 is 0.933. The number of hydrogen-bond acceptors (Lipinski definition) is 0. The summed E-state index contributed by atoms with van der Waals surface area (Å²) in [6, 6.07) is 3.52. The summed E-state index contributed by atoms with van der Waals surface area (Å²) in [5, 5.41) is 1.37. The van der Waals surface area contributed by atoms with Gasteiger partial charge in [0, 0.05) is 5.02 Å². The summed E-state index contributed by atoms with van der Waals surface area (Å²) in [5.41, 5.74) is 0. The molecule has 0 heterocycles. The van der Waals surface area contributed by atoms with Gasteiger partial charge in [-0.3, -0.25) is 0 Å². The average Bonchev–Trinajstić information content (AvgIpc) is 2.01. The number of benzene rings is 1. The monoisotopic (exact) mass is 238 g/mol. The first-order valence-electron chi connectivity index (χ1n) is 2.85. The van der Waals surface area contributed by atoms with Crippen molar-refractivity contribution in [3.8, 4) is 0 Å². The lowest BCUT2D eigenvalue weighted by molar-refractivity contribution is 1.76. The summed E-state index contributed by atoms with van der Waals surface area (Å²) in [6.07, 6.45) is 0. The normalized spacial score (nSPS) is 9.45. The lowest BCUT2D eigenvalue weighted by Crippen LogP contribution is -2.09. The molecule has 0 N–H and O–H groups in total. The van der Waals surface area contributed by atoms with Crippen LogP contribution in [0.5, 0.6) is 0 Å². The molecule has 0 bridgehead atoms. The molecule has 56 valence electrons. The van der Waals surface area contributed by atoms with Gasteiger partial charge in [0.2, 0.25) is 0 Å². The van der Waals surface area contributed by atoms with Gasteiger partial charge < -0.3 is 9.07 Å². The van der Waals surface area contributed by atoms with Crippen molar-refractivity contribution in [3.63, 3.8) is 0 Å². The van der Waals surface area contributed by atoms with Crippen LogP contribution in [-0.2, 0) is 0 Å². The Balaban J connectivity index is 3.25. The van der Waals surface area contributed by atoms with Gasteiger partial charge in [-0.15, -0.1) is 3.69 Å². The second kappa shape index (κ2) is 4.40. The first-order valence-corrected chi connectivity index (χ1v) is 6.83. The molecule has 0 spiro atoms. The molecule has 0 aliphatic carbocycles. The zero-order valence-electron chi connectivity index (χ0n) is 5.37. The quantitative estimate of drug-likeness (QED) is 0.522. The van der Waals surface area contributed by atoms with Crippen molar-refractivity contribution in [3.05, 3.63) is 27.2 Å². The summed E-state index contributed by atoms with van der Waals surface area (Å²) >= 11 is 16.5. The Morgan fingerprint density at radius 2 is 1.64 bits per heavy atom. The van der Waals surface area contributed by atoms with E-state index in [0.29, 0.717) is 15.1 Å². The van der Waals surface area contributed by atoms with Crippen molar-refractivity contribution in [2.45, 2.75) is 0 Å². The maximum absolute atomic E-state index is 5.83. The molecular weight excluding hydrogens is 238 g/mol. The molecule has 0 aliphatic heterocycles. The van der Waals surface area contributed by atoms with Crippen LogP contribution in [0.2, 0.25) is 15.1 Å². The SMILES string of the molecule is [Cl][Mg][c]1ccc(Cl)c(Cl)c1Cl. The van der Waals surface area contributed by atoms with E-state index < -0.39 is 19.3 Å². The maximum Gasteiger partial charge on any atom is 0.540 e. The smallest absolute Gasteiger partial charge is 0.336 e. The number of hydrogen-bond donors (Lipinski definition) is 0. The molecule has 1 aromatic carbocycles. The fraction of sp³-hybridized carbons (Fsp3) is 0. The lowest BCUT2D eigenvalue weighted by atomic mass is 10.3. The standard InChI is InChI=1S/C6H2Cl3.ClH.Mg/c7-4-2-1-3-5(8)6(4)9;;/h1-2H;1H;/q;;+1/p-1. The van der Waals surface area contributed by atoms with Gasteiger partial charge in [-0.2, -0.15) is 0 Å². The Bertz CT molecular complexity index is 274. The molecule has 0 aliphatic rings. The van der Waals surface area contributed by atoms with E-state index in [0.717, 1.165) is 3.69 Å². The van der Waals surface area contributed by atoms with Gasteiger partial charge in [0.1, 0.15) is 0 Å². The highest BCUT2D eigenvalue weighted by Crippen LogP contribution is 2.27. The molecule has 1 rings (SSSR count). The fourth-order valence-corrected chi connectivity index (χ4v) is 2.91. The van der Waals surface area contributed by atoms with Crippen LogP contribution in [0.25, 0.3) is 0 Å². The molecule has 1 aromatic rings. The zero-order valence-corrected chi connectivity index (χ0v) is 9.81. The highest BCUT2D eigenvalue weighted by atomic mass is 35.5. The number of rotatable bonds is 1. The molecule has 0 nitrogen and oxygen atoms in total. The van der Waals surface area contributed by atoms with Crippen LogP contribution in [-0.4, -0.2) is 19.3 Å². The van der Waals surface area contributed by atoms with Crippen LogP contribution in [0.15, 0.2) is 12.1 Å². The van der Waals surface area contributed by atoms with E-state index in [-0.39, 0.29) is 0 Å². The second-order valence-electron chi connectivity index (χ2n) is 1.97. The third-order valence-electron chi connectivity index (χ3n) is 1.26. The Morgan fingerprint density at radius 3 is 2.18 bits per heavy atom. The second-order valence-corrected chi connectivity index (χ2v) is 4.96. The van der Waals surface area contributed by atoms with Gasteiger partial charge >= 0.3 is 19.3 Å². The summed E-state index contributed by atoms with van der Waals surface area (Å²) in [7, 11) is 5.71. The molecule has 0 amide bonds. The van der Waals surface area contributed by atoms with Gasteiger partial charge in [-0.05, 0) is 6.07 Å². The molecule has 5 heteroatoms. The minimum absolute atomic E-state index is 0.402. The van der Waals surface area contributed by atoms with Gasteiger partial charge in [0.15, 0.2) is 0 Å². The molecule has 0 radical (unpaired) electrons. The van der Waals surface area contributed by atoms with Crippen LogP contribution < -0.4 is 3.69 Å². The third kappa shape index (κ3) is 2.30. The molecule has 0 saturated carbocycles. The predicted octanol–water partition coefficient (Wildman–Crippen LogP) is 3.13. The molecule has 0 aromatic heterocycles. The van der Waals surface area contributed by atoms with Gasteiger partial charge in [-0.25, -0.2) is 0 Å². The molecule has 0 saturated heterocycles. The van der Waals surface area contributed by atoms with Gasteiger partial charge in [0.05, 0.1) is 10.0 Å². The molecule has 0 unspecified atom stereocenters. The zero-order chi connectivity index (χ0) is 8.43. The minimum Gasteiger partial charge on any atom is -0.336 e. The van der Waals surface area contributed by atoms with Crippen LogP contribution in [0.1, 0.15) is 0 Å². The van der Waals surface area contributed by atoms with E-state index in [1.165, 1.54) is 0 Å². The minimum atomic E-state index is -0.778. The van der Waals surface area contributed by atoms with Gasteiger partial charge in [0.25, 0.3) is 0 Å². The summed E-state index contributed by atoms with van der Waals surface area (Å²) in [5.74, 6) is 0. The average molecular weight is 240 g/mol. The van der Waals surface area contributed by atoms with Crippen LogP contribution >= 0.6 is 43.9 Å². The van der Waals surface area contributed by atoms with E-state index in [1.54, 1.807) is 6.07 Å². The van der Waals surface area contributed by atoms with E-state index in [1.807, 2.05) is 6.07 Å². The highest BCUT2D eigenvalue weighted by molar-refractivity contribution is 7.02. The van der Waals surface area contributed by atoms with Crippen molar-refractivity contribution in [1.29, 1.82) is 0 Å². The largest absolute Gasteiger partial charge is 0.540 e. The summed E-state index contributed by atoms with van der Waals surface area (Å²) in [6.45, 7) is 0. The Kier molecular flexibility index (Phi) is 4.09. The third-order valence-corrected chi connectivity index (χ3v) is 4.56. The number of halogens is 4. The fourth-order valence-electron chi connectivity index (χ4n) is 0.669. The van der Waals surface area contributed by atoms with E-state index >= 15 is 0 Å².